The molecule has 2 aromatic rings. The summed E-state index contributed by atoms with van der Waals surface area (Å²) in [5.74, 6) is 1.33. The summed E-state index contributed by atoms with van der Waals surface area (Å²) >= 11 is 1.64. The predicted molar refractivity (Wildman–Crippen MR) is 83.9 cm³/mol. The number of aryl methyl sites for hydroxylation is 1. The van der Waals surface area contributed by atoms with E-state index in [1.54, 1.807) is 11.8 Å². The normalized spacial score (nSPS) is 11.6. The highest BCUT2D eigenvalue weighted by molar-refractivity contribution is 8.00. The topological polar surface area (TPSA) is 48.2 Å². The van der Waals surface area contributed by atoms with Gasteiger partial charge in [0, 0.05) is 0 Å². The van der Waals surface area contributed by atoms with Gasteiger partial charge >= 0.3 is 0 Å². The van der Waals surface area contributed by atoms with E-state index in [9.17, 15) is 0 Å². The van der Waals surface area contributed by atoms with Gasteiger partial charge in [-0.15, -0.1) is 10.2 Å². The molecule has 108 valence electrons. The molecule has 0 N–H and O–H groups in total. The fraction of sp³-hybridized carbons (Fsp3) is 0.429. The maximum absolute atomic E-state index is 5.61. The highest BCUT2D eigenvalue weighted by Gasteiger charge is 2.16. The fourth-order valence-corrected chi connectivity index (χ4v) is 3.89. The first-order chi connectivity index (χ1) is 9.42. The van der Waals surface area contributed by atoms with Crippen LogP contribution in [-0.2, 0) is 6.61 Å². The molecule has 0 aliphatic carbocycles. The molecule has 0 aliphatic rings. The Kier molecular flexibility index (Phi) is 4.88. The zero-order valence-corrected chi connectivity index (χ0v) is 14.2. The summed E-state index contributed by atoms with van der Waals surface area (Å²) < 4.78 is 11.2. The van der Waals surface area contributed by atoms with Crippen LogP contribution in [0.25, 0.3) is 0 Å². The third-order valence-corrected chi connectivity index (χ3v) is 6.91. The minimum absolute atomic E-state index is 0.309. The Balaban J connectivity index is 1.85. The Morgan fingerprint density at radius 3 is 2.50 bits per heavy atom. The molecule has 1 aromatic heterocycles. The van der Waals surface area contributed by atoms with Crippen LogP contribution >= 0.6 is 11.8 Å². The van der Waals surface area contributed by atoms with E-state index in [1.165, 1.54) is 5.56 Å². The molecule has 1 heterocycles. The summed E-state index contributed by atoms with van der Waals surface area (Å²) in [5, 5.41) is 9.75. The monoisotopic (exact) mass is 308 g/mol. The number of aromatic nitrogens is 2. The minimum atomic E-state index is -1.10. The van der Waals surface area contributed by atoms with Crippen LogP contribution in [0.3, 0.4) is 0 Å². The number of thioether (sulfide) groups is 1. The van der Waals surface area contributed by atoms with Gasteiger partial charge in [-0.3, -0.25) is 0 Å². The number of hydrogen-bond donors (Lipinski definition) is 0. The van der Waals surface area contributed by atoms with E-state index in [2.05, 4.69) is 29.8 Å². The average molecular weight is 308 g/mol. The molecule has 0 fully saturated rings. The van der Waals surface area contributed by atoms with Crippen molar-refractivity contribution >= 4 is 19.8 Å². The van der Waals surface area contributed by atoms with Crippen LogP contribution in [0.1, 0.15) is 11.5 Å². The molecule has 0 atom stereocenters. The Hall–Kier alpha value is -1.27. The van der Waals surface area contributed by atoms with Crippen molar-refractivity contribution in [1.82, 2.24) is 10.2 Å². The van der Waals surface area contributed by atoms with Gasteiger partial charge < -0.3 is 9.15 Å². The molecular formula is C14H20N2O2SSi. The summed E-state index contributed by atoms with van der Waals surface area (Å²) in [5.41, 5.74) is 1.21. The van der Waals surface area contributed by atoms with Crippen LogP contribution in [0.2, 0.25) is 19.6 Å². The van der Waals surface area contributed by atoms with Crippen molar-refractivity contribution in [3.05, 3.63) is 35.7 Å². The fourth-order valence-electron chi connectivity index (χ4n) is 1.41. The Morgan fingerprint density at radius 2 is 1.85 bits per heavy atom. The van der Waals surface area contributed by atoms with Crippen LogP contribution in [0.4, 0.5) is 0 Å². The third kappa shape index (κ3) is 5.01. The molecule has 0 bridgehead atoms. The van der Waals surface area contributed by atoms with Gasteiger partial charge in [0.25, 0.3) is 11.1 Å². The molecule has 4 nitrogen and oxygen atoms in total. The smallest absolute Gasteiger partial charge is 0.276 e. The van der Waals surface area contributed by atoms with Crippen LogP contribution in [0.15, 0.2) is 33.9 Å². The van der Waals surface area contributed by atoms with Crippen molar-refractivity contribution in [2.75, 3.05) is 5.38 Å². The molecule has 0 aliphatic heterocycles. The quantitative estimate of drug-likeness (QED) is 0.598. The summed E-state index contributed by atoms with van der Waals surface area (Å²) in [6, 6.07) is 7.90. The van der Waals surface area contributed by atoms with E-state index < -0.39 is 8.07 Å². The van der Waals surface area contributed by atoms with Gasteiger partial charge in [0.1, 0.15) is 5.75 Å². The molecule has 0 saturated heterocycles. The molecule has 20 heavy (non-hydrogen) atoms. The van der Waals surface area contributed by atoms with Crippen molar-refractivity contribution in [2.45, 2.75) is 38.4 Å². The van der Waals surface area contributed by atoms with Crippen molar-refractivity contribution in [3.63, 3.8) is 0 Å². The molecule has 0 radical (unpaired) electrons. The number of nitrogens with zero attached hydrogens (tertiary/aromatic N) is 2. The van der Waals surface area contributed by atoms with Crippen LogP contribution < -0.4 is 4.74 Å². The second-order valence-electron chi connectivity index (χ2n) is 5.91. The van der Waals surface area contributed by atoms with Crippen LogP contribution in [0.5, 0.6) is 5.75 Å². The van der Waals surface area contributed by atoms with E-state index in [0.717, 1.165) is 11.1 Å². The van der Waals surface area contributed by atoms with Gasteiger partial charge in [0.05, 0.1) is 8.07 Å². The molecule has 0 unspecified atom stereocenters. The highest BCUT2D eigenvalue weighted by Crippen LogP contribution is 2.21. The van der Waals surface area contributed by atoms with Gasteiger partial charge in [0.15, 0.2) is 6.61 Å². The van der Waals surface area contributed by atoms with Gasteiger partial charge in [-0.25, -0.2) is 0 Å². The lowest BCUT2D eigenvalue weighted by Gasteiger charge is -2.12. The SMILES string of the molecule is Cc1ccc(OCc2nnc(SC[Si](C)(C)C)o2)cc1. The maximum atomic E-state index is 5.61. The minimum Gasteiger partial charge on any atom is -0.484 e. The number of rotatable bonds is 6. The van der Waals surface area contributed by atoms with E-state index in [1.807, 2.05) is 31.2 Å². The molecule has 0 amide bonds. The maximum Gasteiger partial charge on any atom is 0.276 e. The Morgan fingerprint density at radius 1 is 1.15 bits per heavy atom. The Labute approximate surface area is 124 Å². The van der Waals surface area contributed by atoms with Crippen molar-refractivity contribution in [3.8, 4) is 5.75 Å². The Bertz CT molecular complexity index is 549. The van der Waals surface area contributed by atoms with Gasteiger partial charge in [-0.1, -0.05) is 49.1 Å². The molecule has 2 rings (SSSR count). The van der Waals surface area contributed by atoms with Gasteiger partial charge in [-0.2, -0.15) is 0 Å². The number of hydrogen-bond acceptors (Lipinski definition) is 5. The van der Waals surface area contributed by atoms with E-state index >= 15 is 0 Å². The van der Waals surface area contributed by atoms with Crippen LogP contribution in [0, 0.1) is 6.92 Å². The van der Waals surface area contributed by atoms with E-state index in [-0.39, 0.29) is 0 Å². The first kappa shape index (κ1) is 15.1. The average Bonchev–Trinajstić information content (AvgIpc) is 2.83. The first-order valence-corrected chi connectivity index (χ1v) is 11.3. The lowest BCUT2D eigenvalue weighted by atomic mass is 10.2. The summed E-state index contributed by atoms with van der Waals surface area (Å²) in [6.07, 6.45) is 0. The second-order valence-corrected chi connectivity index (χ2v) is 12.8. The zero-order valence-electron chi connectivity index (χ0n) is 12.3. The number of benzene rings is 1. The van der Waals surface area contributed by atoms with E-state index in [4.69, 9.17) is 9.15 Å². The number of ether oxygens (including phenoxy) is 1. The molecule has 0 saturated carbocycles. The van der Waals surface area contributed by atoms with Gasteiger partial charge in [0.2, 0.25) is 0 Å². The second kappa shape index (κ2) is 6.45. The van der Waals surface area contributed by atoms with Crippen molar-refractivity contribution in [2.24, 2.45) is 0 Å². The predicted octanol–water partition coefficient (Wildman–Crippen LogP) is 3.93. The largest absolute Gasteiger partial charge is 0.484 e. The highest BCUT2D eigenvalue weighted by atomic mass is 32.2. The zero-order chi connectivity index (χ0) is 14.6. The van der Waals surface area contributed by atoms with E-state index in [0.29, 0.717) is 17.7 Å². The molecule has 0 spiro atoms. The van der Waals surface area contributed by atoms with Crippen molar-refractivity contribution in [1.29, 1.82) is 0 Å². The summed E-state index contributed by atoms with van der Waals surface area (Å²) in [7, 11) is -1.10. The molecule has 1 aromatic carbocycles. The summed E-state index contributed by atoms with van der Waals surface area (Å²) in [4.78, 5) is 0. The first-order valence-electron chi connectivity index (χ1n) is 6.57. The van der Waals surface area contributed by atoms with Gasteiger partial charge in [-0.05, 0) is 24.4 Å². The lowest BCUT2D eigenvalue weighted by Crippen LogP contribution is -2.23. The van der Waals surface area contributed by atoms with Crippen LogP contribution in [-0.4, -0.2) is 23.6 Å². The van der Waals surface area contributed by atoms with Crippen molar-refractivity contribution < 1.29 is 9.15 Å². The molecular weight excluding hydrogens is 288 g/mol. The lowest BCUT2D eigenvalue weighted by molar-refractivity contribution is 0.252. The third-order valence-electron chi connectivity index (χ3n) is 2.46. The molecule has 6 heteroatoms. The summed E-state index contributed by atoms with van der Waals surface area (Å²) in [6.45, 7) is 9.31. The standard InChI is InChI=1S/C14H20N2O2SSi/c1-11-5-7-12(8-6-11)17-9-13-15-16-14(18-13)19-10-20(2,3)4/h5-8H,9-10H2,1-4H3.